The van der Waals surface area contributed by atoms with Crippen LogP contribution in [0.3, 0.4) is 0 Å². The van der Waals surface area contributed by atoms with E-state index in [1.54, 1.807) is 17.3 Å². The zero-order valence-electron chi connectivity index (χ0n) is 16.1. The van der Waals surface area contributed by atoms with Crippen molar-refractivity contribution in [3.8, 4) is 0 Å². The second kappa shape index (κ2) is 8.04. The van der Waals surface area contributed by atoms with Crippen LogP contribution in [0, 0.1) is 12.8 Å². The second-order valence-electron chi connectivity index (χ2n) is 7.58. The molecule has 0 aromatic carbocycles. The normalized spacial score (nSPS) is 18.4. The van der Waals surface area contributed by atoms with Gasteiger partial charge in [-0.05, 0) is 43.4 Å². The van der Waals surface area contributed by atoms with Gasteiger partial charge in [0.05, 0.1) is 5.92 Å². The van der Waals surface area contributed by atoms with Crippen LogP contribution in [-0.4, -0.2) is 44.8 Å². The third-order valence-electron chi connectivity index (χ3n) is 5.52. The molecule has 1 N–H and O–H groups in total. The summed E-state index contributed by atoms with van der Waals surface area (Å²) in [5, 5.41) is 2.96. The van der Waals surface area contributed by atoms with E-state index in [9.17, 15) is 9.59 Å². The molecule has 3 heterocycles. The summed E-state index contributed by atoms with van der Waals surface area (Å²) in [4.78, 5) is 39.8. The van der Waals surface area contributed by atoms with Gasteiger partial charge in [0.1, 0.15) is 5.82 Å². The molecule has 2 aliphatic rings. The van der Waals surface area contributed by atoms with Crippen molar-refractivity contribution in [2.75, 3.05) is 13.1 Å². The lowest BCUT2D eigenvalue weighted by Crippen LogP contribution is -2.34. The van der Waals surface area contributed by atoms with Gasteiger partial charge in [-0.1, -0.05) is 6.07 Å². The van der Waals surface area contributed by atoms with Crippen molar-refractivity contribution in [1.82, 2.24) is 25.2 Å². The van der Waals surface area contributed by atoms with Gasteiger partial charge in [-0.3, -0.25) is 14.6 Å². The molecule has 1 aliphatic heterocycles. The zero-order chi connectivity index (χ0) is 19.5. The monoisotopic (exact) mass is 379 g/mol. The van der Waals surface area contributed by atoms with Gasteiger partial charge in [0.2, 0.25) is 11.8 Å². The van der Waals surface area contributed by atoms with Crippen LogP contribution >= 0.6 is 0 Å². The number of likely N-dealkylation sites (tertiary alicyclic amines) is 1. The highest BCUT2D eigenvalue weighted by atomic mass is 16.2. The molecule has 0 radical (unpaired) electrons. The van der Waals surface area contributed by atoms with Crippen LogP contribution < -0.4 is 5.32 Å². The summed E-state index contributed by atoms with van der Waals surface area (Å²) in [7, 11) is 0. The molecule has 0 unspecified atom stereocenters. The van der Waals surface area contributed by atoms with Gasteiger partial charge in [0.25, 0.3) is 0 Å². The maximum absolute atomic E-state index is 12.5. The van der Waals surface area contributed by atoms with Crippen LogP contribution in [0.1, 0.15) is 41.2 Å². The van der Waals surface area contributed by atoms with Crippen molar-refractivity contribution in [2.24, 2.45) is 5.92 Å². The first-order valence-electron chi connectivity index (χ1n) is 9.90. The number of hydrogen-bond donors (Lipinski definition) is 1. The fraction of sp³-hybridized carbons (Fsp3) is 0.476. The molecule has 146 valence electrons. The minimum atomic E-state index is -0.299. The Morgan fingerprint density at radius 1 is 1.32 bits per heavy atom. The minimum absolute atomic E-state index is 0.0154. The lowest BCUT2D eigenvalue weighted by Gasteiger charge is -2.16. The fourth-order valence-electron chi connectivity index (χ4n) is 4.05. The number of aromatic nitrogens is 3. The summed E-state index contributed by atoms with van der Waals surface area (Å²) in [6, 6.07) is 3.79. The molecule has 2 aromatic rings. The summed E-state index contributed by atoms with van der Waals surface area (Å²) >= 11 is 0. The maximum atomic E-state index is 12.5. The van der Waals surface area contributed by atoms with Crippen LogP contribution in [0.4, 0.5) is 0 Å². The van der Waals surface area contributed by atoms with Gasteiger partial charge >= 0.3 is 0 Å². The summed E-state index contributed by atoms with van der Waals surface area (Å²) in [5.41, 5.74) is 4.50. The molecule has 4 rings (SSSR count). The molecular weight excluding hydrogens is 354 g/mol. The van der Waals surface area contributed by atoms with E-state index in [2.05, 4.69) is 20.3 Å². The zero-order valence-corrected chi connectivity index (χ0v) is 16.1. The van der Waals surface area contributed by atoms with Crippen LogP contribution in [0.5, 0.6) is 0 Å². The second-order valence-corrected chi connectivity index (χ2v) is 7.58. The third kappa shape index (κ3) is 4.03. The summed E-state index contributed by atoms with van der Waals surface area (Å²) in [5.74, 6) is 0.438. The van der Waals surface area contributed by atoms with Gasteiger partial charge in [-0.25, -0.2) is 9.97 Å². The highest BCUT2D eigenvalue weighted by molar-refractivity contribution is 5.89. The fourth-order valence-corrected chi connectivity index (χ4v) is 4.05. The third-order valence-corrected chi connectivity index (χ3v) is 5.52. The van der Waals surface area contributed by atoms with Crippen LogP contribution in [0.2, 0.25) is 0 Å². The predicted molar refractivity (Wildman–Crippen MR) is 103 cm³/mol. The number of carbonyl (C=O) groups is 2. The number of nitrogens with zero attached hydrogens (tertiary/aromatic N) is 4. The Morgan fingerprint density at radius 3 is 3.04 bits per heavy atom. The number of fused-ring (bicyclic) bond motifs is 1. The van der Waals surface area contributed by atoms with Gasteiger partial charge in [-0.2, -0.15) is 0 Å². The Morgan fingerprint density at radius 2 is 2.21 bits per heavy atom. The SMILES string of the molecule is Cc1nc(CCNC(=O)[C@H]2CC(=O)N(Cc3cccnc3)C2)nc2c1CCC2. The van der Waals surface area contributed by atoms with Gasteiger partial charge in [0.15, 0.2) is 0 Å². The van der Waals surface area contributed by atoms with Gasteiger partial charge in [-0.15, -0.1) is 0 Å². The van der Waals surface area contributed by atoms with E-state index in [0.717, 1.165) is 36.3 Å². The first-order chi connectivity index (χ1) is 13.6. The number of pyridine rings is 1. The number of nitrogens with one attached hydrogen (secondary N) is 1. The lowest BCUT2D eigenvalue weighted by atomic mass is 10.1. The summed E-state index contributed by atoms with van der Waals surface area (Å²) < 4.78 is 0. The molecule has 1 aliphatic carbocycles. The Bertz CT molecular complexity index is 884. The maximum Gasteiger partial charge on any atom is 0.225 e. The smallest absolute Gasteiger partial charge is 0.225 e. The Balaban J connectivity index is 1.28. The molecule has 0 saturated carbocycles. The quantitative estimate of drug-likeness (QED) is 0.819. The van der Waals surface area contributed by atoms with E-state index < -0.39 is 0 Å². The highest BCUT2D eigenvalue weighted by Gasteiger charge is 2.34. The first kappa shape index (κ1) is 18.5. The van der Waals surface area contributed by atoms with E-state index >= 15 is 0 Å². The van der Waals surface area contributed by atoms with Crippen LogP contribution in [0.15, 0.2) is 24.5 Å². The Kier molecular flexibility index (Phi) is 5.32. The Hall–Kier alpha value is -2.83. The molecule has 1 fully saturated rings. The van der Waals surface area contributed by atoms with Crippen molar-refractivity contribution < 1.29 is 9.59 Å². The van der Waals surface area contributed by atoms with Crippen molar-refractivity contribution in [1.29, 1.82) is 0 Å². The largest absolute Gasteiger partial charge is 0.355 e. The molecule has 7 heteroatoms. The number of carbonyl (C=O) groups excluding carboxylic acids is 2. The van der Waals surface area contributed by atoms with Crippen LogP contribution in [0.25, 0.3) is 0 Å². The molecule has 28 heavy (non-hydrogen) atoms. The van der Waals surface area contributed by atoms with Crippen LogP contribution in [-0.2, 0) is 35.4 Å². The van der Waals surface area contributed by atoms with E-state index in [-0.39, 0.29) is 24.2 Å². The average molecular weight is 379 g/mol. The Labute approximate surface area is 164 Å². The van der Waals surface area contributed by atoms with Crippen molar-refractivity contribution in [3.63, 3.8) is 0 Å². The molecule has 2 amide bonds. The van der Waals surface area contributed by atoms with Crippen molar-refractivity contribution in [2.45, 2.75) is 45.6 Å². The van der Waals surface area contributed by atoms with E-state index in [1.807, 2.05) is 19.1 Å². The lowest BCUT2D eigenvalue weighted by molar-refractivity contribution is -0.129. The van der Waals surface area contributed by atoms with Gasteiger partial charge < -0.3 is 10.2 Å². The van der Waals surface area contributed by atoms with Crippen molar-refractivity contribution >= 4 is 11.8 Å². The van der Waals surface area contributed by atoms with E-state index in [1.165, 1.54) is 11.3 Å². The molecular formula is C21H25N5O2. The number of rotatable bonds is 6. The number of hydrogen-bond acceptors (Lipinski definition) is 5. The van der Waals surface area contributed by atoms with E-state index in [0.29, 0.717) is 26.1 Å². The minimum Gasteiger partial charge on any atom is -0.355 e. The molecule has 1 atom stereocenters. The number of amides is 2. The van der Waals surface area contributed by atoms with Crippen molar-refractivity contribution in [3.05, 3.63) is 52.9 Å². The molecule has 1 saturated heterocycles. The standard InChI is InChI=1S/C21H25N5O2/c1-14-17-5-2-6-18(17)25-19(24-14)7-9-23-21(28)16-10-20(27)26(13-16)12-15-4-3-8-22-11-15/h3-4,8,11,16H,2,5-7,9-10,12-13H2,1H3,(H,23,28)/t16-/m0/s1. The number of aryl methyl sites for hydroxylation is 2. The highest BCUT2D eigenvalue weighted by Crippen LogP contribution is 2.22. The average Bonchev–Trinajstić information content (AvgIpc) is 3.30. The first-order valence-corrected chi connectivity index (χ1v) is 9.90. The topological polar surface area (TPSA) is 88.1 Å². The molecule has 2 aromatic heterocycles. The summed E-state index contributed by atoms with van der Waals surface area (Å²) in [6.07, 6.45) is 7.58. The molecule has 0 bridgehead atoms. The molecule has 7 nitrogen and oxygen atoms in total. The summed E-state index contributed by atoms with van der Waals surface area (Å²) in [6.45, 7) is 3.48. The van der Waals surface area contributed by atoms with Gasteiger partial charge in [0, 0.05) is 56.3 Å². The predicted octanol–water partition coefficient (Wildman–Crippen LogP) is 1.38. The van der Waals surface area contributed by atoms with E-state index in [4.69, 9.17) is 0 Å². The molecule has 0 spiro atoms.